The summed E-state index contributed by atoms with van der Waals surface area (Å²) >= 11 is 0. The van der Waals surface area contributed by atoms with Crippen molar-refractivity contribution < 1.29 is 9.90 Å². The van der Waals surface area contributed by atoms with E-state index < -0.39 is 5.97 Å². The average molecular weight is 232 g/mol. The van der Waals surface area contributed by atoms with E-state index in [9.17, 15) is 4.79 Å². The minimum atomic E-state index is -0.953. The molecule has 1 heterocycles. The normalized spacial score (nSPS) is 15.4. The van der Waals surface area contributed by atoms with Gasteiger partial charge in [-0.2, -0.15) is 0 Å². The molecule has 0 aliphatic carbocycles. The van der Waals surface area contributed by atoms with Gasteiger partial charge in [-0.3, -0.25) is 0 Å². The lowest BCUT2D eigenvalue weighted by Crippen LogP contribution is -2.17. The monoisotopic (exact) mass is 232 g/mol. The standard InChI is InChI=1S/C13H16N2O2/c16-13(17)7-8-14-11-3-5-12(6-4-11)15-9-1-2-10-15/h3-8,14H,1-2,9-10H2,(H,16,17)/b8-7+. The first-order valence-corrected chi connectivity index (χ1v) is 5.77. The minimum Gasteiger partial charge on any atom is -0.478 e. The number of rotatable bonds is 4. The molecule has 0 unspecified atom stereocenters. The van der Waals surface area contributed by atoms with Crippen molar-refractivity contribution in [3.63, 3.8) is 0 Å². The molecule has 2 rings (SSSR count). The fourth-order valence-electron chi connectivity index (χ4n) is 1.95. The molecule has 0 saturated carbocycles. The van der Waals surface area contributed by atoms with Gasteiger partial charge < -0.3 is 15.3 Å². The van der Waals surface area contributed by atoms with Crippen molar-refractivity contribution in [1.82, 2.24) is 0 Å². The van der Waals surface area contributed by atoms with Crippen molar-refractivity contribution in [3.8, 4) is 0 Å². The van der Waals surface area contributed by atoms with E-state index in [1.54, 1.807) is 0 Å². The molecular weight excluding hydrogens is 216 g/mol. The molecule has 0 atom stereocenters. The fourth-order valence-corrected chi connectivity index (χ4v) is 1.95. The molecule has 1 saturated heterocycles. The maximum atomic E-state index is 10.3. The number of carbonyl (C=O) groups is 1. The Labute approximate surface area is 101 Å². The van der Waals surface area contributed by atoms with E-state index in [0.29, 0.717) is 0 Å². The zero-order chi connectivity index (χ0) is 12.1. The molecule has 2 N–H and O–H groups in total. The second-order valence-corrected chi connectivity index (χ2v) is 4.06. The van der Waals surface area contributed by atoms with Crippen LogP contribution in [0.15, 0.2) is 36.5 Å². The van der Waals surface area contributed by atoms with Crippen molar-refractivity contribution >= 4 is 17.3 Å². The third-order valence-electron chi connectivity index (χ3n) is 2.81. The van der Waals surface area contributed by atoms with Gasteiger partial charge in [0, 0.05) is 36.7 Å². The molecule has 4 nitrogen and oxygen atoms in total. The topological polar surface area (TPSA) is 52.6 Å². The van der Waals surface area contributed by atoms with Crippen LogP contribution < -0.4 is 10.2 Å². The summed E-state index contributed by atoms with van der Waals surface area (Å²) in [6, 6.07) is 8.03. The average Bonchev–Trinajstić information content (AvgIpc) is 2.83. The van der Waals surface area contributed by atoms with Crippen molar-refractivity contribution in [1.29, 1.82) is 0 Å². The summed E-state index contributed by atoms with van der Waals surface area (Å²) in [6.45, 7) is 2.26. The molecular formula is C13H16N2O2. The van der Waals surface area contributed by atoms with Gasteiger partial charge in [-0.15, -0.1) is 0 Å². The van der Waals surface area contributed by atoms with E-state index in [1.165, 1.54) is 24.7 Å². The van der Waals surface area contributed by atoms with Gasteiger partial charge in [0.2, 0.25) is 0 Å². The van der Waals surface area contributed by atoms with Gasteiger partial charge in [0.25, 0.3) is 0 Å². The lowest BCUT2D eigenvalue weighted by atomic mass is 10.2. The highest BCUT2D eigenvalue weighted by Crippen LogP contribution is 2.21. The molecule has 0 radical (unpaired) electrons. The number of benzene rings is 1. The number of hydrogen-bond acceptors (Lipinski definition) is 3. The van der Waals surface area contributed by atoms with Crippen molar-refractivity contribution in [2.45, 2.75) is 12.8 Å². The number of nitrogens with one attached hydrogen (secondary N) is 1. The number of hydrogen-bond donors (Lipinski definition) is 2. The van der Waals surface area contributed by atoms with Crippen molar-refractivity contribution in [2.24, 2.45) is 0 Å². The Morgan fingerprint density at radius 1 is 1.24 bits per heavy atom. The Morgan fingerprint density at radius 2 is 1.88 bits per heavy atom. The highest BCUT2D eigenvalue weighted by atomic mass is 16.4. The van der Waals surface area contributed by atoms with Crippen LogP contribution in [-0.2, 0) is 4.79 Å². The van der Waals surface area contributed by atoms with Gasteiger partial charge in [0.15, 0.2) is 0 Å². The van der Waals surface area contributed by atoms with Crippen molar-refractivity contribution in [2.75, 3.05) is 23.3 Å². The van der Waals surface area contributed by atoms with Crippen LogP contribution in [0.1, 0.15) is 12.8 Å². The molecule has 0 spiro atoms. The number of nitrogens with zero attached hydrogens (tertiary/aromatic N) is 1. The van der Waals surface area contributed by atoms with E-state index in [4.69, 9.17) is 5.11 Å². The van der Waals surface area contributed by atoms with E-state index in [1.807, 2.05) is 12.1 Å². The SMILES string of the molecule is O=C(O)/C=C/Nc1ccc(N2CCCC2)cc1. The van der Waals surface area contributed by atoms with E-state index >= 15 is 0 Å². The van der Waals surface area contributed by atoms with Crippen LogP contribution in [0.25, 0.3) is 0 Å². The first kappa shape index (κ1) is 11.5. The highest BCUT2D eigenvalue weighted by molar-refractivity contribution is 5.80. The Kier molecular flexibility index (Phi) is 3.65. The number of carboxylic acids is 1. The molecule has 0 amide bonds. The molecule has 1 aliphatic heterocycles. The van der Waals surface area contributed by atoms with Crippen LogP contribution in [0.3, 0.4) is 0 Å². The molecule has 17 heavy (non-hydrogen) atoms. The Hall–Kier alpha value is -1.97. The summed E-state index contributed by atoms with van der Waals surface area (Å²) in [5, 5.41) is 11.4. The third-order valence-corrected chi connectivity index (χ3v) is 2.81. The molecule has 1 aliphatic rings. The van der Waals surface area contributed by atoms with Crippen LogP contribution in [0, 0.1) is 0 Å². The second-order valence-electron chi connectivity index (χ2n) is 4.06. The van der Waals surface area contributed by atoms with Gasteiger partial charge in [0.1, 0.15) is 0 Å². The van der Waals surface area contributed by atoms with Gasteiger partial charge in [-0.25, -0.2) is 4.79 Å². The molecule has 1 fully saturated rings. The summed E-state index contributed by atoms with van der Waals surface area (Å²) in [5.41, 5.74) is 2.13. The maximum Gasteiger partial charge on any atom is 0.329 e. The van der Waals surface area contributed by atoms with Gasteiger partial charge >= 0.3 is 5.97 Å². The third kappa shape index (κ3) is 3.24. The van der Waals surface area contributed by atoms with Gasteiger partial charge in [-0.1, -0.05) is 0 Å². The largest absolute Gasteiger partial charge is 0.478 e. The van der Waals surface area contributed by atoms with E-state index in [0.717, 1.165) is 24.9 Å². The predicted octanol–water partition coefficient (Wildman–Crippen LogP) is 2.30. The fraction of sp³-hybridized carbons (Fsp3) is 0.308. The van der Waals surface area contributed by atoms with Crippen LogP contribution in [0.5, 0.6) is 0 Å². The maximum absolute atomic E-state index is 10.3. The first-order valence-electron chi connectivity index (χ1n) is 5.77. The molecule has 1 aromatic carbocycles. The number of carboxylic acid groups (broad SMARTS) is 1. The van der Waals surface area contributed by atoms with Crippen LogP contribution in [0.2, 0.25) is 0 Å². The Balaban J connectivity index is 1.95. The van der Waals surface area contributed by atoms with Crippen molar-refractivity contribution in [3.05, 3.63) is 36.5 Å². The molecule has 4 heteroatoms. The summed E-state index contributed by atoms with van der Waals surface area (Å²) < 4.78 is 0. The lowest BCUT2D eigenvalue weighted by Gasteiger charge is -2.17. The molecule has 0 aromatic heterocycles. The number of aliphatic carboxylic acids is 1. The van der Waals surface area contributed by atoms with E-state index in [-0.39, 0.29) is 0 Å². The zero-order valence-corrected chi connectivity index (χ0v) is 9.60. The lowest BCUT2D eigenvalue weighted by molar-refractivity contribution is -0.131. The smallest absolute Gasteiger partial charge is 0.329 e. The van der Waals surface area contributed by atoms with Crippen LogP contribution in [-0.4, -0.2) is 24.2 Å². The van der Waals surface area contributed by atoms with Crippen LogP contribution >= 0.6 is 0 Å². The van der Waals surface area contributed by atoms with Gasteiger partial charge in [0.05, 0.1) is 0 Å². The molecule has 90 valence electrons. The molecule has 1 aromatic rings. The highest BCUT2D eigenvalue weighted by Gasteiger charge is 2.11. The summed E-state index contributed by atoms with van der Waals surface area (Å²) in [4.78, 5) is 12.6. The predicted molar refractivity (Wildman–Crippen MR) is 68.3 cm³/mol. The molecule has 0 bridgehead atoms. The Morgan fingerprint density at radius 3 is 2.47 bits per heavy atom. The van der Waals surface area contributed by atoms with Crippen LogP contribution in [0.4, 0.5) is 11.4 Å². The summed E-state index contributed by atoms with van der Waals surface area (Å²) in [6.07, 6.45) is 5.03. The quantitative estimate of drug-likeness (QED) is 0.782. The summed E-state index contributed by atoms with van der Waals surface area (Å²) in [7, 11) is 0. The Bertz CT molecular complexity index is 406. The zero-order valence-electron chi connectivity index (χ0n) is 9.60. The first-order chi connectivity index (χ1) is 8.25. The van der Waals surface area contributed by atoms with E-state index in [2.05, 4.69) is 22.3 Å². The number of anilines is 2. The summed E-state index contributed by atoms with van der Waals surface area (Å²) in [5.74, 6) is -0.953. The minimum absolute atomic E-state index is 0.894. The van der Waals surface area contributed by atoms with Gasteiger partial charge in [-0.05, 0) is 37.1 Å². The second kappa shape index (κ2) is 5.39.